The van der Waals surface area contributed by atoms with Crippen LogP contribution in [0.4, 0.5) is 0 Å². The van der Waals surface area contributed by atoms with Crippen LogP contribution in [0, 0.1) is 11.8 Å². The lowest BCUT2D eigenvalue weighted by molar-refractivity contribution is -0.135. The summed E-state index contributed by atoms with van der Waals surface area (Å²) in [4.78, 5) is 31.0. The van der Waals surface area contributed by atoms with E-state index in [4.69, 9.17) is 0 Å². The molecule has 3 saturated heterocycles. The van der Waals surface area contributed by atoms with E-state index in [0.717, 1.165) is 37.4 Å². The number of carbonyl (C=O) groups is 1. The van der Waals surface area contributed by atoms with E-state index in [9.17, 15) is 9.59 Å². The molecule has 0 radical (unpaired) electrons. The summed E-state index contributed by atoms with van der Waals surface area (Å²) in [7, 11) is 1.67. The Morgan fingerprint density at radius 2 is 1.97 bits per heavy atom. The van der Waals surface area contributed by atoms with Crippen molar-refractivity contribution in [2.75, 3.05) is 19.6 Å². The van der Waals surface area contributed by atoms with Crippen LogP contribution in [-0.2, 0) is 18.3 Å². The van der Waals surface area contributed by atoms with Gasteiger partial charge in [0.2, 0.25) is 5.91 Å². The van der Waals surface area contributed by atoms with Gasteiger partial charge in [-0.15, -0.1) is 0 Å². The van der Waals surface area contributed by atoms with Crippen molar-refractivity contribution in [3.8, 4) is 0 Å². The standard InChI is InChI=1S/C26H32N4O2/c1-28-26(32)21-9-3-2-8-20(21)22(27-28)15-24(31)30-12-6-7-17-13-18-14-19(25(17)30)16-29-11-5-4-10-23(18)29/h2-3,8-9,13,18-19,23,25H,4-7,10-12,14-16H2,1H3/t18-,19-,23-,25+/m0/s1. The number of hydrogen-bond donors (Lipinski definition) is 0. The molecular formula is C26H32N4O2. The van der Waals surface area contributed by atoms with Gasteiger partial charge in [-0.05, 0) is 56.6 Å². The maximum Gasteiger partial charge on any atom is 0.274 e. The first-order valence-electron chi connectivity index (χ1n) is 12.3. The predicted molar refractivity (Wildman–Crippen MR) is 124 cm³/mol. The lowest BCUT2D eigenvalue weighted by atomic mass is 9.68. The summed E-state index contributed by atoms with van der Waals surface area (Å²) in [5, 5.41) is 5.93. The molecular weight excluding hydrogens is 400 g/mol. The van der Waals surface area contributed by atoms with Crippen LogP contribution in [-0.4, -0.2) is 57.2 Å². The Morgan fingerprint density at radius 1 is 1.12 bits per heavy atom. The Bertz CT molecular complexity index is 1150. The van der Waals surface area contributed by atoms with Gasteiger partial charge in [0.15, 0.2) is 0 Å². The molecule has 1 aromatic carbocycles. The zero-order chi connectivity index (χ0) is 21.8. The number of amides is 1. The summed E-state index contributed by atoms with van der Waals surface area (Å²) in [5.74, 6) is 1.36. The first-order valence-corrected chi connectivity index (χ1v) is 12.3. The maximum atomic E-state index is 13.7. The summed E-state index contributed by atoms with van der Waals surface area (Å²) in [5.41, 5.74) is 2.10. The van der Waals surface area contributed by atoms with E-state index in [2.05, 4.69) is 21.0 Å². The van der Waals surface area contributed by atoms with Gasteiger partial charge in [-0.3, -0.25) is 14.5 Å². The molecule has 168 valence electrons. The Morgan fingerprint density at radius 3 is 2.84 bits per heavy atom. The van der Waals surface area contributed by atoms with Gasteiger partial charge in [-0.2, -0.15) is 5.10 Å². The van der Waals surface area contributed by atoms with Crippen LogP contribution in [0.15, 0.2) is 40.7 Å². The third kappa shape index (κ3) is 3.22. The second kappa shape index (κ2) is 7.84. The van der Waals surface area contributed by atoms with E-state index in [1.807, 2.05) is 24.3 Å². The minimum Gasteiger partial charge on any atom is -0.335 e. The fourth-order valence-corrected chi connectivity index (χ4v) is 7.00. The average Bonchev–Trinajstić information content (AvgIpc) is 2.82. The normalized spacial score (nSPS) is 29.9. The molecule has 2 bridgehead atoms. The van der Waals surface area contributed by atoms with Crippen molar-refractivity contribution in [2.24, 2.45) is 18.9 Å². The molecule has 3 aliphatic heterocycles. The predicted octanol–water partition coefficient (Wildman–Crippen LogP) is 2.90. The van der Waals surface area contributed by atoms with Crippen LogP contribution < -0.4 is 5.56 Å². The Kier molecular flexibility index (Phi) is 4.94. The van der Waals surface area contributed by atoms with Crippen molar-refractivity contribution in [1.29, 1.82) is 0 Å². The number of carbonyl (C=O) groups excluding carboxylic acids is 1. The third-order valence-corrected chi connectivity index (χ3v) is 8.33. The fraction of sp³-hybridized carbons (Fsp3) is 0.577. The van der Waals surface area contributed by atoms with Crippen molar-refractivity contribution in [2.45, 2.75) is 57.0 Å². The highest BCUT2D eigenvalue weighted by Crippen LogP contribution is 2.45. The largest absolute Gasteiger partial charge is 0.335 e. The first kappa shape index (κ1) is 20.2. The number of hydrogen-bond acceptors (Lipinski definition) is 4. The molecule has 3 fully saturated rings. The minimum atomic E-state index is -0.114. The van der Waals surface area contributed by atoms with Crippen LogP contribution in [0.5, 0.6) is 0 Å². The SMILES string of the molecule is Cn1nc(CC(=O)N2CCCC3=C[C@H]4C[C@@H](CN5CCCC[C@@H]45)[C@@H]32)c2ccccc2c1=O. The Labute approximate surface area is 188 Å². The number of rotatable bonds is 2. The number of fused-ring (bicyclic) bond motifs is 7. The van der Waals surface area contributed by atoms with Crippen molar-refractivity contribution in [1.82, 2.24) is 19.6 Å². The smallest absolute Gasteiger partial charge is 0.274 e. The number of likely N-dealkylation sites (tertiary alicyclic amines) is 1. The fourth-order valence-electron chi connectivity index (χ4n) is 7.00. The average molecular weight is 433 g/mol. The van der Waals surface area contributed by atoms with Crippen molar-refractivity contribution < 1.29 is 4.79 Å². The van der Waals surface area contributed by atoms with Crippen LogP contribution >= 0.6 is 0 Å². The van der Waals surface area contributed by atoms with Gasteiger partial charge >= 0.3 is 0 Å². The van der Waals surface area contributed by atoms with Crippen LogP contribution in [0.25, 0.3) is 10.8 Å². The van der Waals surface area contributed by atoms with Crippen LogP contribution in [0.2, 0.25) is 0 Å². The van der Waals surface area contributed by atoms with E-state index in [1.165, 1.54) is 42.5 Å². The number of aromatic nitrogens is 2. The number of nitrogens with zero attached hydrogens (tertiary/aromatic N) is 4. The molecule has 6 rings (SSSR count). The van der Waals surface area contributed by atoms with Gasteiger partial charge in [0.1, 0.15) is 0 Å². The Balaban J connectivity index is 1.31. The molecule has 0 saturated carbocycles. The molecule has 6 nitrogen and oxygen atoms in total. The second-order valence-corrected chi connectivity index (χ2v) is 10.2. The summed E-state index contributed by atoms with van der Waals surface area (Å²) >= 11 is 0. The van der Waals surface area contributed by atoms with E-state index in [0.29, 0.717) is 22.9 Å². The van der Waals surface area contributed by atoms with E-state index in [-0.39, 0.29) is 23.9 Å². The zero-order valence-corrected chi connectivity index (χ0v) is 18.9. The summed E-state index contributed by atoms with van der Waals surface area (Å²) < 4.78 is 1.37. The number of benzene rings is 1. The molecule has 1 aliphatic carbocycles. The number of piperidine rings is 3. The molecule has 1 aromatic heterocycles. The molecule has 1 amide bonds. The van der Waals surface area contributed by atoms with Crippen molar-refractivity contribution in [3.05, 3.63) is 52.0 Å². The molecule has 0 unspecified atom stereocenters. The molecule has 6 heteroatoms. The molecule has 2 aromatic rings. The highest BCUT2D eigenvalue weighted by atomic mass is 16.2. The van der Waals surface area contributed by atoms with Gasteiger partial charge in [0.05, 0.1) is 23.5 Å². The van der Waals surface area contributed by atoms with E-state index >= 15 is 0 Å². The summed E-state index contributed by atoms with van der Waals surface area (Å²) in [6.45, 7) is 3.18. The lowest BCUT2D eigenvalue weighted by Gasteiger charge is -2.54. The molecule has 0 spiro atoms. The van der Waals surface area contributed by atoms with Crippen molar-refractivity contribution >= 4 is 16.7 Å². The van der Waals surface area contributed by atoms with Gasteiger partial charge in [0, 0.05) is 31.6 Å². The zero-order valence-electron chi connectivity index (χ0n) is 18.9. The van der Waals surface area contributed by atoms with Crippen molar-refractivity contribution in [3.63, 3.8) is 0 Å². The highest BCUT2D eigenvalue weighted by Gasteiger charge is 2.46. The third-order valence-electron chi connectivity index (χ3n) is 8.33. The van der Waals surface area contributed by atoms with Crippen LogP contribution in [0.3, 0.4) is 0 Å². The topological polar surface area (TPSA) is 58.4 Å². The Hall–Kier alpha value is -2.47. The minimum absolute atomic E-state index is 0.114. The van der Waals surface area contributed by atoms with Gasteiger partial charge in [-0.1, -0.05) is 36.3 Å². The summed E-state index contributed by atoms with van der Waals surface area (Å²) in [6, 6.07) is 8.49. The first-order chi connectivity index (χ1) is 15.6. The number of aryl methyl sites for hydroxylation is 1. The monoisotopic (exact) mass is 432 g/mol. The molecule has 4 heterocycles. The van der Waals surface area contributed by atoms with Crippen LogP contribution in [0.1, 0.15) is 44.2 Å². The van der Waals surface area contributed by atoms with E-state index < -0.39 is 0 Å². The molecule has 4 atom stereocenters. The van der Waals surface area contributed by atoms with Gasteiger partial charge in [-0.25, -0.2) is 4.68 Å². The maximum absolute atomic E-state index is 13.7. The van der Waals surface area contributed by atoms with Gasteiger partial charge in [0.25, 0.3) is 5.56 Å². The molecule has 4 aliphatic rings. The second-order valence-electron chi connectivity index (χ2n) is 10.2. The highest BCUT2D eigenvalue weighted by molar-refractivity contribution is 5.88. The van der Waals surface area contributed by atoms with E-state index in [1.54, 1.807) is 7.05 Å². The molecule has 32 heavy (non-hydrogen) atoms. The quantitative estimate of drug-likeness (QED) is 0.685. The molecule has 0 N–H and O–H groups in total. The van der Waals surface area contributed by atoms with Gasteiger partial charge < -0.3 is 4.90 Å². The lowest BCUT2D eigenvalue weighted by Crippen LogP contribution is -2.60. The summed E-state index contributed by atoms with van der Waals surface area (Å²) in [6.07, 6.45) is 10.2.